The van der Waals surface area contributed by atoms with Crippen LogP contribution in [-0.2, 0) is 4.79 Å². The van der Waals surface area contributed by atoms with Gasteiger partial charge in [0.2, 0.25) is 0 Å². The van der Waals surface area contributed by atoms with Crippen LogP contribution in [0.1, 0.15) is 13.8 Å². The highest BCUT2D eigenvalue weighted by Crippen LogP contribution is 2.27. The molecule has 0 bridgehead atoms. The second kappa shape index (κ2) is 6.66. The summed E-state index contributed by atoms with van der Waals surface area (Å²) in [5.41, 5.74) is 0. The second-order valence-electron chi connectivity index (χ2n) is 4.92. The number of nitrogens with one attached hydrogen (secondary N) is 1. The van der Waals surface area contributed by atoms with Crippen LogP contribution in [0.5, 0.6) is 5.75 Å². The lowest BCUT2D eigenvalue weighted by molar-refractivity contribution is -0.140. The van der Waals surface area contributed by atoms with Crippen molar-refractivity contribution in [1.82, 2.24) is 10.2 Å². The zero-order chi connectivity index (χ0) is 14.7. The third kappa shape index (κ3) is 3.57. The van der Waals surface area contributed by atoms with E-state index >= 15 is 0 Å². The van der Waals surface area contributed by atoms with Gasteiger partial charge in [0.1, 0.15) is 5.75 Å². The molecular weight excluding hydrogens is 299 g/mol. The summed E-state index contributed by atoms with van der Waals surface area (Å²) in [6.45, 7) is 6.10. The molecule has 0 saturated carbocycles. The predicted octanol–water partition coefficient (Wildman–Crippen LogP) is 2.58. The van der Waals surface area contributed by atoms with Gasteiger partial charge >= 0.3 is 0 Å². The Labute approximate surface area is 129 Å². The van der Waals surface area contributed by atoms with E-state index in [1.54, 1.807) is 25.1 Å². The molecule has 2 atom stereocenters. The van der Waals surface area contributed by atoms with Crippen LogP contribution in [0.4, 0.5) is 0 Å². The molecule has 1 N–H and O–H groups in total. The summed E-state index contributed by atoms with van der Waals surface area (Å²) in [6, 6.07) is 5.16. The quantitative estimate of drug-likeness (QED) is 0.932. The normalized spacial score (nSPS) is 20.6. The van der Waals surface area contributed by atoms with Gasteiger partial charge in [0.05, 0.1) is 10.0 Å². The van der Waals surface area contributed by atoms with Gasteiger partial charge in [0, 0.05) is 31.7 Å². The summed E-state index contributed by atoms with van der Waals surface area (Å²) >= 11 is 11.8. The summed E-state index contributed by atoms with van der Waals surface area (Å²) in [5.74, 6) is 0.535. The standard InChI is InChI=1S/C14H18Cl2N2O2/c1-9-8-17-5-6-18(9)14(19)10(2)20-11-3-4-12(15)13(16)7-11/h3-4,7,9-10,17H,5-6,8H2,1-2H3/t9-,10?/m0/s1. The van der Waals surface area contributed by atoms with Gasteiger partial charge in [0.15, 0.2) is 6.10 Å². The topological polar surface area (TPSA) is 41.6 Å². The number of hydrogen-bond acceptors (Lipinski definition) is 3. The molecule has 2 rings (SSSR count). The molecule has 0 spiro atoms. The first-order chi connectivity index (χ1) is 9.49. The Kier molecular flexibility index (Phi) is 5.13. The first-order valence-electron chi connectivity index (χ1n) is 6.62. The molecule has 0 aliphatic carbocycles. The monoisotopic (exact) mass is 316 g/mol. The van der Waals surface area contributed by atoms with Crippen LogP contribution in [0.15, 0.2) is 18.2 Å². The van der Waals surface area contributed by atoms with Crippen molar-refractivity contribution < 1.29 is 9.53 Å². The van der Waals surface area contributed by atoms with Gasteiger partial charge in [-0.2, -0.15) is 0 Å². The van der Waals surface area contributed by atoms with E-state index in [1.165, 1.54) is 0 Å². The Morgan fingerprint density at radius 3 is 2.85 bits per heavy atom. The van der Waals surface area contributed by atoms with Crippen LogP contribution >= 0.6 is 23.2 Å². The molecule has 6 heteroatoms. The minimum atomic E-state index is -0.548. The van der Waals surface area contributed by atoms with Crippen molar-refractivity contribution in [1.29, 1.82) is 0 Å². The van der Waals surface area contributed by atoms with Gasteiger partial charge in [-0.05, 0) is 26.0 Å². The lowest BCUT2D eigenvalue weighted by Gasteiger charge is -2.35. The minimum absolute atomic E-state index is 0.00919. The van der Waals surface area contributed by atoms with Gasteiger partial charge in [-0.15, -0.1) is 0 Å². The highest BCUT2D eigenvalue weighted by molar-refractivity contribution is 6.42. The fourth-order valence-electron chi connectivity index (χ4n) is 2.21. The summed E-state index contributed by atoms with van der Waals surface area (Å²) in [5, 5.41) is 4.14. The SMILES string of the molecule is CC(Oc1ccc(Cl)c(Cl)c1)C(=O)N1CCNC[C@@H]1C. The van der Waals surface area contributed by atoms with Crippen molar-refractivity contribution in [3.8, 4) is 5.75 Å². The van der Waals surface area contributed by atoms with E-state index in [0.717, 1.165) is 13.1 Å². The molecule has 1 aromatic rings. The van der Waals surface area contributed by atoms with Crippen molar-refractivity contribution in [2.24, 2.45) is 0 Å². The molecule has 1 aromatic carbocycles. The fourth-order valence-corrected chi connectivity index (χ4v) is 2.49. The van der Waals surface area contributed by atoms with Gasteiger partial charge in [-0.1, -0.05) is 23.2 Å². The third-order valence-electron chi connectivity index (χ3n) is 3.34. The van der Waals surface area contributed by atoms with Crippen molar-refractivity contribution in [3.05, 3.63) is 28.2 Å². The summed E-state index contributed by atoms with van der Waals surface area (Å²) in [4.78, 5) is 14.2. The number of carbonyl (C=O) groups excluding carboxylic acids is 1. The van der Waals surface area contributed by atoms with E-state index < -0.39 is 6.10 Å². The molecule has 1 amide bonds. The fraction of sp³-hybridized carbons (Fsp3) is 0.500. The zero-order valence-corrected chi connectivity index (χ0v) is 13.0. The molecule has 1 aliphatic rings. The first kappa shape index (κ1) is 15.4. The number of hydrogen-bond donors (Lipinski definition) is 1. The van der Waals surface area contributed by atoms with Gasteiger partial charge in [0.25, 0.3) is 5.91 Å². The zero-order valence-electron chi connectivity index (χ0n) is 11.5. The lowest BCUT2D eigenvalue weighted by Crippen LogP contribution is -2.55. The molecule has 0 radical (unpaired) electrons. The number of nitrogens with zero attached hydrogens (tertiary/aromatic N) is 1. The average Bonchev–Trinajstić information content (AvgIpc) is 2.42. The van der Waals surface area contributed by atoms with Gasteiger partial charge < -0.3 is 15.0 Å². The average molecular weight is 317 g/mol. The molecule has 0 aromatic heterocycles. The van der Waals surface area contributed by atoms with Crippen LogP contribution in [-0.4, -0.2) is 42.6 Å². The third-order valence-corrected chi connectivity index (χ3v) is 4.08. The van der Waals surface area contributed by atoms with E-state index in [2.05, 4.69) is 5.32 Å². The predicted molar refractivity (Wildman–Crippen MR) is 80.6 cm³/mol. The molecule has 20 heavy (non-hydrogen) atoms. The number of rotatable bonds is 3. The van der Waals surface area contributed by atoms with E-state index in [0.29, 0.717) is 22.3 Å². The summed E-state index contributed by atoms with van der Waals surface area (Å²) in [6.07, 6.45) is -0.548. The molecule has 1 aliphatic heterocycles. The molecule has 4 nitrogen and oxygen atoms in total. The van der Waals surface area contributed by atoms with Gasteiger partial charge in [-0.3, -0.25) is 4.79 Å². The maximum absolute atomic E-state index is 12.4. The Hall–Kier alpha value is -0.970. The maximum Gasteiger partial charge on any atom is 0.263 e. The Bertz CT molecular complexity index is 496. The molecule has 1 fully saturated rings. The van der Waals surface area contributed by atoms with Crippen LogP contribution in [0.2, 0.25) is 10.0 Å². The summed E-state index contributed by atoms with van der Waals surface area (Å²) < 4.78 is 5.66. The van der Waals surface area contributed by atoms with Crippen LogP contribution < -0.4 is 10.1 Å². The Morgan fingerprint density at radius 2 is 2.20 bits per heavy atom. The Morgan fingerprint density at radius 1 is 1.45 bits per heavy atom. The molecular formula is C14H18Cl2N2O2. The van der Waals surface area contributed by atoms with E-state index in [1.807, 2.05) is 11.8 Å². The molecule has 1 heterocycles. The molecule has 110 valence electrons. The lowest BCUT2D eigenvalue weighted by atomic mass is 10.2. The Balaban J connectivity index is 2.01. The van der Waals surface area contributed by atoms with Crippen LogP contribution in [0.25, 0.3) is 0 Å². The highest BCUT2D eigenvalue weighted by atomic mass is 35.5. The number of halogens is 2. The first-order valence-corrected chi connectivity index (χ1v) is 7.37. The number of benzene rings is 1. The van der Waals surface area contributed by atoms with Crippen LogP contribution in [0, 0.1) is 0 Å². The summed E-state index contributed by atoms with van der Waals surface area (Å²) in [7, 11) is 0. The van der Waals surface area contributed by atoms with E-state index in [-0.39, 0.29) is 11.9 Å². The van der Waals surface area contributed by atoms with E-state index in [9.17, 15) is 4.79 Å². The van der Waals surface area contributed by atoms with E-state index in [4.69, 9.17) is 27.9 Å². The van der Waals surface area contributed by atoms with Gasteiger partial charge in [-0.25, -0.2) is 0 Å². The van der Waals surface area contributed by atoms with Crippen LogP contribution in [0.3, 0.4) is 0 Å². The van der Waals surface area contributed by atoms with Crippen molar-refractivity contribution in [3.63, 3.8) is 0 Å². The molecule has 1 unspecified atom stereocenters. The minimum Gasteiger partial charge on any atom is -0.481 e. The van der Waals surface area contributed by atoms with Crippen molar-refractivity contribution in [2.75, 3.05) is 19.6 Å². The molecule has 1 saturated heterocycles. The van der Waals surface area contributed by atoms with Crippen molar-refractivity contribution >= 4 is 29.1 Å². The number of piperazine rings is 1. The second-order valence-corrected chi connectivity index (χ2v) is 5.74. The van der Waals surface area contributed by atoms with Crippen molar-refractivity contribution in [2.45, 2.75) is 26.0 Å². The number of ether oxygens (including phenoxy) is 1. The maximum atomic E-state index is 12.4. The largest absolute Gasteiger partial charge is 0.481 e. The smallest absolute Gasteiger partial charge is 0.263 e. The number of carbonyl (C=O) groups is 1. The number of amides is 1. The highest BCUT2D eigenvalue weighted by Gasteiger charge is 2.27.